The van der Waals surface area contributed by atoms with Gasteiger partial charge in [0.05, 0.1) is 12.1 Å². The summed E-state index contributed by atoms with van der Waals surface area (Å²) in [7, 11) is 1.63. The second kappa shape index (κ2) is 7.81. The van der Waals surface area contributed by atoms with Gasteiger partial charge < -0.3 is 14.6 Å². The lowest BCUT2D eigenvalue weighted by molar-refractivity contribution is -0.120. The van der Waals surface area contributed by atoms with Gasteiger partial charge in [-0.25, -0.2) is 0 Å². The molecule has 0 atom stereocenters. The van der Waals surface area contributed by atoms with E-state index in [2.05, 4.69) is 10.5 Å². The fourth-order valence-electron chi connectivity index (χ4n) is 1.82. The minimum atomic E-state index is -0.0814. The highest BCUT2D eigenvalue weighted by Crippen LogP contribution is 2.22. The van der Waals surface area contributed by atoms with Crippen LogP contribution in [-0.2, 0) is 16.0 Å². The molecule has 1 N–H and O–H groups in total. The summed E-state index contributed by atoms with van der Waals surface area (Å²) in [5, 5.41) is 7.37. The predicted molar refractivity (Wildman–Crippen MR) is 80.2 cm³/mol. The molecule has 0 saturated carbocycles. The molecule has 5 nitrogen and oxygen atoms in total. The van der Waals surface area contributed by atoms with Crippen molar-refractivity contribution in [1.82, 2.24) is 10.5 Å². The minimum absolute atomic E-state index is 0.0814. The lowest BCUT2D eigenvalue weighted by Crippen LogP contribution is -2.26. The molecule has 0 aliphatic carbocycles. The highest BCUT2D eigenvalue weighted by Gasteiger charge is 2.10. The standard InChI is InChI=1S/C15H17ClN2O3/c1-20-8-2-7-17-15(19)10-13-9-14(21-18-13)11-3-5-12(16)6-4-11/h3-6,9H,2,7-8,10H2,1H3,(H,17,19). The van der Waals surface area contributed by atoms with E-state index in [9.17, 15) is 4.79 Å². The minimum Gasteiger partial charge on any atom is -0.385 e. The van der Waals surface area contributed by atoms with Crippen LogP contribution in [-0.4, -0.2) is 31.3 Å². The van der Waals surface area contributed by atoms with Gasteiger partial charge in [0.15, 0.2) is 5.76 Å². The highest BCUT2D eigenvalue weighted by atomic mass is 35.5. The third-order valence-corrected chi connectivity index (χ3v) is 3.13. The van der Waals surface area contributed by atoms with Crippen LogP contribution < -0.4 is 5.32 Å². The summed E-state index contributed by atoms with van der Waals surface area (Å²) in [4.78, 5) is 11.7. The molecule has 2 aromatic rings. The van der Waals surface area contributed by atoms with Crippen molar-refractivity contribution in [2.24, 2.45) is 0 Å². The van der Waals surface area contributed by atoms with E-state index in [0.717, 1.165) is 12.0 Å². The molecule has 0 unspecified atom stereocenters. The zero-order valence-electron chi connectivity index (χ0n) is 11.8. The zero-order chi connectivity index (χ0) is 15.1. The first-order chi connectivity index (χ1) is 10.2. The van der Waals surface area contributed by atoms with Crippen LogP contribution in [0.2, 0.25) is 5.02 Å². The summed E-state index contributed by atoms with van der Waals surface area (Å²) in [5.41, 5.74) is 1.47. The monoisotopic (exact) mass is 308 g/mol. The summed E-state index contributed by atoms with van der Waals surface area (Å²) in [6.45, 7) is 1.22. The fraction of sp³-hybridized carbons (Fsp3) is 0.333. The fourth-order valence-corrected chi connectivity index (χ4v) is 1.94. The van der Waals surface area contributed by atoms with Gasteiger partial charge >= 0.3 is 0 Å². The molecule has 0 aliphatic heterocycles. The lowest BCUT2D eigenvalue weighted by atomic mass is 10.1. The first-order valence-electron chi connectivity index (χ1n) is 6.66. The van der Waals surface area contributed by atoms with Gasteiger partial charge in [0.1, 0.15) is 0 Å². The van der Waals surface area contributed by atoms with E-state index in [1.807, 2.05) is 12.1 Å². The molecule has 112 valence electrons. The molecule has 2 rings (SSSR count). The maximum Gasteiger partial charge on any atom is 0.226 e. The number of methoxy groups -OCH3 is 1. The van der Waals surface area contributed by atoms with Crippen LogP contribution in [0.1, 0.15) is 12.1 Å². The second-order valence-electron chi connectivity index (χ2n) is 4.56. The lowest BCUT2D eigenvalue weighted by Gasteiger charge is -2.02. The quantitative estimate of drug-likeness (QED) is 0.799. The molecule has 0 saturated heterocycles. The van der Waals surface area contributed by atoms with E-state index in [0.29, 0.717) is 29.6 Å². The van der Waals surface area contributed by atoms with Gasteiger partial charge in [0.2, 0.25) is 5.91 Å². The normalized spacial score (nSPS) is 10.6. The predicted octanol–water partition coefficient (Wildman–Crippen LogP) is 2.69. The van der Waals surface area contributed by atoms with Gasteiger partial charge in [-0.05, 0) is 30.7 Å². The summed E-state index contributed by atoms with van der Waals surface area (Å²) in [5.74, 6) is 0.538. The Bertz CT molecular complexity index is 581. The van der Waals surface area contributed by atoms with Crippen molar-refractivity contribution < 1.29 is 14.1 Å². The van der Waals surface area contributed by atoms with Crippen LogP contribution in [0.4, 0.5) is 0 Å². The Morgan fingerprint density at radius 3 is 2.86 bits per heavy atom. The molecule has 21 heavy (non-hydrogen) atoms. The Morgan fingerprint density at radius 1 is 1.38 bits per heavy atom. The van der Waals surface area contributed by atoms with Gasteiger partial charge in [-0.15, -0.1) is 0 Å². The van der Waals surface area contributed by atoms with Crippen molar-refractivity contribution >= 4 is 17.5 Å². The molecular formula is C15H17ClN2O3. The third-order valence-electron chi connectivity index (χ3n) is 2.88. The van der Waals surface area contributed by atoms with Crippen molar-refractivity contribution in [2.75, 3.05) is 20.3 Å². The zero-order valence-corrected chi connectivity index (χ0v) is 12.5. The summed E-state index contributed by atoms with van der Waals surface area (Å²) >= 11 is 5.84. The van der Waals surface area contributed by atoms with Crippen LogP contribution in [0.5, 0.6) is 0 Å². The number of hydrogen-bond acceptors (Lipinski definition) is 4. The smallest absolute Gasteiger partial charge is 0.226 e. The Kier molecular flexibility index (Phi) is 5.78. The van der Waals surface area contributed by atoms with E-state index in [1.165, 1.54) is 0 Å². The Hall–Kier alpha value is -1.85. The number of rotatable bonds is 7. The summed E-state index contributed by atoms with van der Waals surface area (Å²) in [6.07, 6.45) is 0.987. The number of carbonyl (C=O) groups excluding carboxylic acids is 1. The van der Waals surface area contributed by atoms with Gasteiger partial charge in [0.25, 0.3) is 0 Å². The maximum atomic E-state index is 11.7. The number of carbonyl (C=O) groups is 1. The van der Waals surface area contributed by atoms with E-state index >= 15 is 0 Å². The first-order valence-corrected chi connectivity index (χ1v) is 7.04. The Labute approximate surface area is 128 Å². The molecule has 1 aromatic heterocycles. The average Bonchev–Trinajstić information content (AvgIpc) is 2.93. The first kappa shape index (κ1) is 15.5. The Balaban J connectivity index is 1.88. The van der Waals surface area contributed by atoms with Gasteiger partial charge in [0, 0.05) is 36.9 Å². The van der Waals surface area contributed by atoms with Crippen LogP contribution in [0.3, 0.4) is 0 Å². The second-order valence-corrected chi connectivity index (χ2v) is 5.00. The van der Waals surface area contributed by atoms with Crippen LogP contribution in [0.25, 0.3) is 11.3 Å². The average molecular weight is 309 g/mol. The largest absolute Gasteiger partial charge is 0.385 e. The number of halogens is 1. The van der Waals surface area contributed by atoms with Gasteiger partial charge in [-0.3, -0.25) is 4.79 Å². The van der Waals surface area contributed by atoms with Crippen molar-refractivity contribution in [3.63, 3.8) is 0 Å². The van der Waals surface area contributed by atoms with Crippen molar-refractivity contribution in [3.05, 3.63) is 41.0 Å². The summed E-state index contributed by atoms with van der Waals surface area (Å²) in [6, 6.07) is 9.01. The van der Waals surface area contributed by atoms with E-state index in [-0.39, 0.29) is 12.3 Å². The van der Waals surface area contributed by atoms with Crippen LogP contribution >= 0.6 is 11.6 Å². The van der Waals surface area contributed by atoms with Gasteiger partial charge in [-0.1, -0.05) is 16.8 Å². The van der Waals surface area contributed by atoms with Crippen LogP contribution in [0, 0.1) is 0 Å². The van der Waals surface area contributed by atoms with E-state index in [1.54, 1.807) is 25.3 Å². The highest BCUT2D eigenvalue weighted by molar-refractivity contribution is 6.30. The molecule has 0 bridgehead atoms. The van der Waals surface area contributed by atoms with Crippen molar-refractivity contribution in [1.29, 1.82) is 0 Å². The molecule has 0 aliphatic rings. The third kappa shape index (κ3) is 4.88. The summed E-state index contributed by atoms with van der Waals surface area (Å²) < 4.78 is 10.2. The Morgan fingerprint density at radius 2 is 2.14 bits per heavy atom. The maximum absolute atomic E-state index is 11.7. The van der Waals surface area contributed by atoms with E-state index < -0.39 is 0 Å². The molecular weight excluding hydrogens is 292 g/mol. The number of ether oxygens (including phenoxy) is 1. The topological polar surface area (TPSA) is 64.4 Å². The van der Waals surface area contributed by atoms with Gasteiger partial charge in [-0.2, -0.15) is 0 Å². The number of amides is 1. The van der Waals surface area contributed by atoms with Crippen molar-refractivity contribution in [2.45, 2.75) is 12.8 Å². The molecule has 0 fully saturated rings. The molecule has 0 spiro atoms. The molecule has 1 aromatic carbocycles. The number of nitrogens with one attached hydrogen (secondary N) is 1. The number of hydrogen-bond donors (Lipinski definition) is 1. The molecule has 1 heterocycles. The van der Waals surface area contributed by atoms with Crippen LogP contribution in [0.15, 0.2) is 34.9 Å². The SMILES string of the molecule is COCCCNC(=O)Cc1cc(-c2ccc(Cl)cc2)on1. The number of benzene rings is 1. The molecule has 1 amide bonds. The van der Waals surface area contributed by atoms with E-state index in [4.69, 9.17) is 20.9 Å². The molecule has 0 radical (unpaired) electrons. The number of nitrogens with zero attached hydrogens (tertiary/aromatic N) is 1. The molecule has 6 heteroatoms. The van der Waals surface area contributed by atoms with Crippen molar-refractivity contribution in [3.8, 4) is 11.3 Å². The number of aromatic nitrogens is 1.